The van der Waals surface area contributed by atoms with Crippen molar-refractivity contribution in [3.63, 3.8) is 0 Å². The predicted octanol–water partition coefficient (Wildman–Crippen LogP) is 13.6. The van der Waals surface area contributed by atoms with E-state index in [1.807, 2.05) is 30.3 Å². The molecule has 4 aromatic heterocycles. The zero-order valence-electron chi connectivity index (χ0n) is 31.5. The van der Waals surface area contributed by atoms with Crippen LogP contribution in [0.3, 0.4) is 0 Å². The third-order valence-corrected chi connectivity index (χ3v) is 11.9. The molecule has 9 aromatic carbocycles. The molecule has 0 aliphatic rings. The summed E-state index contributed by atoms with van der Waals surface area (Å²) < 4.78 is 11.4. The molecule has 0 bridgehead atoms. The van der Waals surface area contributed by atoms with Crippen LogP contribution < -0.4 is 0 Å². The van der Waals surface area contributed by atoms with E-state index in [1.54, 1.807) is 0 Å². The van der Waals surface area contributed by atoms with Gasteiger partial charge in [-0.2, -0.15) is 9.97 Å². The third kappa shape index (κ3) is 4.71. The largest absolute Gasteiger partial charge is 0.455 e. The van der Waals surface area contributed by atoms with Crippen molar-refractivity contribution >= 4 is 87.1 Å². The van der Waals surface area contributed by atoms with Crippen LogP contribution in [0.5, 0.6) is 0 Å². The summed E-state index contributed by atoms with van der Waals surface area (Å²) >= 11 is 0. The van der Waals surface area contributed by atoms with Gasteiger partial charge in [0.25, 0.3) is 0 Å². The van der Waals surface area contributed by atoms with Gasteiger partial charge in [-0.3, -0.25) is 4.57 Å². The van der Waals surface area contributed by atoms with Gasteiger partial charge >= 0.3 is 0 Å². The average Bonchev–Trinajstić information content (AvgIpc) is 3.96. The zero-order chi connectivity index (χ0) is 38.6. The van der Waals surface area contributed by atoms with Crippen molar-refractivity contribution < 1.29 is 4.42 Å². The lowest BCUT2D eigenvalue weighted by molar-refractivity contribution is 0.669. The summed E-state index contributed by atoms with van der Waals surface area (Å²) in [6.07, 6.45) is 0. The zero-order valence-corrected chi connectivity index (χ0v) is 31.5. The van der Waals surface area contributed by atoms with E-state index in [0.29, 0.717) is 17.6 Å². The normalized spacial score (nSPS) is 12.1. The second kappa shape index (κ2) is 12.2. The standard InChI is InChI=1S/C53H31N5O/c1-2-15-33(16-3-1)51-54-52(56-53(55-51)58-44-23-11-8-20-38(44)39-21-9-12-24-45(39)58)43-31-36(30-41-40-22-10-13-25-48(40)59-50(41)43)57-46-27-26-32-14-6-7-19-37(32)49(46)42-28-34-17-4-5-18-35(34)29-47(42)57/h1-31H. The first kappa shape index (κ1) is 32.0. The van der Waals surface area contributed by atoms with Gasteiger partial charge in [0.2, 0.25) is 5.95 Å². The molecular weight excluding hydrogens is 723 g/mol. The number of hydrogen-bond donors (Lipinski definition) is 0. The molecule has 0 atom stereocenters. The van der Waals surface area contributed by atoms with Crippen molar-refractivity contribution in [3.8, 4) is 34.4 Å². The second-order valence-corrected chi connectivity index (χ2v) is 15.2. The summed E-state index contributed by atoms with van der Waals surface area (Å²) in [4.78, 5) is 15.9. The topological polar surface area (TPSA) is 61.7 Å². The van der Waals surface area contributed by atoms with E-state index >= 15 is 0 Å². The van der Waals surface area contributed by atoms with Crippen LogP contribution in [-0.2, 0) is 0 Å². The summed E-state index contributed by atoms with van der Waals surface area (Å²) in [6.45, 7) is 0. The summed E-state index contributed by atoms with van der Waals surface area (Å²) in [5.41, 5.74) is 8.51. The van der Waals surface area contributed by atoms with Crippen LogP contribution in [0.25, 0.3) is 122 Å². The highest BCUT2D eigenvalue weighted by atomic mass is 16.3. The van der Waals surface area contributed by atoms with Crippen molar-refractivity contribution in [1.29, 1.82) is 0 Å². The first-order chi connectivity index (χ1) is 29.2. The molecule has 6 nitrogen and oxygen atoms in total. The average molecular weight is 754 g/mol. The summed E-state index contributed by atoms with van der Waals surface area (Å²) in [5.74, 6) is 1.64. The molecule has 6 heteroatoms. The molecule has 274 valence electrons. The van der Waals surface area contributed by atoms with Crippen LogP contribution in [0, 0.1) is 0 Å². The first-order valence-corrected chi connectivity index (χ1v) is 19.9. The molecule has 59 heavy (non-hydrogen) atoms. The van der Waals surface area contributed by atoms with E-state index in [2.05, 4.69) is 167 Å². The van der Waals surface area contributed by atoms with E-state index in [1.165, 1.54) is 32.3 Å². The Morgan fingerprint density at radius 1 is 0.373 bits per heavy atom. The maximum Gasteiger partial charge on any atom is 0.238 e. The minimum absolute atomic E-state index is 0.526. The maximum absolute atomic E-state index is 6.80. The summed E-state index contributed by atoms with van der Waals surface area (Å²) in [7, 11) is 0. The van der Waals surface area contributed by atoms with Gasteiger partial charge in [0, 0.05) is 43.6 Å². The van der Waals surface area contributed by atoms with E-state index in [-0.39, 0.29) is 0 Å². The Morgan fingerprint density at radius 2 is 1.00 bits per heavy atom. The van der Waals surface area contributed by atoms with Crippen molar-refractivity contribution in [2.75, 3.05) is 0 Å². The minimum atomic E-state index is 0.526. The van der Waals surface area contributed by atoms with E-state index in [4.69, 9.17) is 19.4 Å². The fraction of sp³-hybridized carbons (Fsp3) is 0. The highest BCUT2D eigenvalue weighted by molar-refractivity contribution is 6.23. The second-order valence-electron chi connectivity index (χ2n) is 15.2. The number of rotatable bonds is 4. The Hall–Kier alpha value is -8.09. The first-order valence-electron chi connectivity index (χ1n) is 19.9. The van der Waals surface area contributed by atoms with Crippen LogP contribution in [-0.4, -0.2) is 24.1 Å². The number of hydrogen-bond acceptors (Lipinski definition) is 4. The lowest BCUT2D eigenvalue weighted by atomic mass is 10.0. The van der Waals surface area contributed by atoms with E-state index in [0.717, 1.165) is 71.6 Å². The van der Waals surface area contributed by atoms with Crippen molar-refractivity contribution in [1.82, 2.24) is 24.1 Å². The molecule has 0 radical (unpaired) electrons. The SMILES string of the molecule is c1ccc(-c2nc(-c3cc(-n4c5cc6ccccc6cc5c5c6ccccc6ccc54)cc4c3oc3ccccc34)nc(-n3c4ccccc4c4ccccc43)n2)cc1. The van der Waals surface area contributed by atoms with Crippen molar-refractivity contribution in [2.24, 2.45) is 0 Å². The van der Waals surface area contributed by atoms with Gasteiger partial charge in [0.05, 0.1) is 27.6 Å². The lowest BCUT2D eigenvalue weighted by Gasteiger charge is -2.13. The highest BCUT2D eigenvalue weighted by Gasteiger charge is 2.23. The number of benzene rings is 9. The van der Waals surface area contributed by atoms with Gasteiger partial charge in [0.15, 0.2) is 11.6 Å². The van der Waals surface area contributed by atoms with Gasteiger partial charge in [-0.15, -0.1) is 0 Å². The van der Waals surface area contributed by atoms with Gasteiger partial charge in [0.1, 0.15) is 11.2 Å². The van der Waals surface area contributed by atoms with Crippen LogP contribution in [0.2, 0.25) is 0 Å². The molecule has 4 heterocycles. The highest BCUT2D eigenvalue weighted by Crippen LogP contribution is 2.43. The quantitative estimate of drug-likeness (QED) is 0.180. The van der Waals surface area contributed by atoms with Crippen LogP contribution in [0.1, 0.15) is 0 Å². The molecule has 0 aliphatic heterocycles. The number of fused-ring (bicyclic) bond motifs is 12. The Morgan fingerprint density at radius 3 is 1.78 bits per heavy atom. The fourth-order valence-electron chi connectivity index (χ4n) is 9.30. The number of furan rings is 1. The minimum Gasteiger partial charge on any atom is -0.455 e. The molecule has 0 amide bonds. The molecule has 13 aromatic rings. The molecule has 0 spiro atoms. The molecule has 13 rings (SSSR count). The van der Waals surface area contributed by atoms with E-state index in [9.17, 15) is 0 Å². The van der Waals surface area contributed by atoms with Gasteiger partial charge < -0.3 is 8.98 Å². The third-order valence-electron chi connectivity index (χ3n) is 11.9. The van der Waals surface area contributed by atoms with Crippen molar-refractivity contribution in [3.05, 3.63) is 188 Å². The predicted molar refractivity (Wildman–Crippen MR) is 242 cm³/mol. The fourth-order valence-corrected chi connectivity index (χ4v) is 9.30. The van der Waals surface area contributed by atoms with Crippen LogP contribution in [0.4, 0.5) is 0 Å². The molecule has 0 unspecified atom stereocenters. The smallest absolute Gasteiger partial charge is 0.238 e. The van der Waals surface area contributed by atoms with Crippen molar-refractivity contribution in [2.45, 2.75) is 0 Å². The molecule has 0 aliphatic carbocycles. The lowest BCUT2D eigenvalue weighted by Crippen LogP contribution is -2.06. The summed E-state index contributed by atoms with van der Waals surface area (Å²) in [5, 5.41) is 11.5. The van der Waals surface area contributed by atoms with E-state index < -0.39 is 0 Å². The Labute approximate surface area is 336 Å². The van der Waals surface area contributed by atoms with Crippen LogP contribution >= 0.6 is 0 Å². The number of aromatic nitrogens is 5. The molecular formula is C53H31N5O. The van der Waals surface area contributed by atoms with Crippen LogP contribution in [0.15, 0.2) is 192 Å². The molecule has 0 fully saturated rings. The Bertz CT molecular complexity index is 3800. The van der Waals surface area contributed by atoms with Gasteiger partial charge in [-0.1, -0.05) is 140 Å². The molecule has 0 saturated heterocycles. The Balaban J connectivity index is 1.17. The molecule has 0 saturated carbocycles. The summed E-state index contributed by atoms with van der Waals surface area (Å²) in [6, 6.07) is 66.2. The molecule has 0 N–H and O–H groups in total. The number of nitrogens with zero attached hydrogens (tertiary/aromatic N) is 5. The van der Waals surface area contributed by atoms with Gasteiger partial charge in [-0.05, 0) is 70.1 Å². The monoisotopic (exact) mass is 753 g/mol. The Kier molecular flexibility index (Phi) is 6.63. The van der Waals surface area contributed by atoms with Gasteiger partial charge in [-0.25, -0.2) is 4.98 Å². The maximum atomic E-state index is 6.80. The number of para-hydroxylation sites is 3.